The van der Waals surface area contributed by atoms with Crippen molar-refractivity contribution in [2.45, 2.75) is 45.7 Å². The zero-order valence-electron chi connectivity index (χ0n) is 23.5. The van der Waals surface area contributed by atoms with Crippen LogP contribution in [0.4, 0.5) is 26.2 Å². The lowest BCUT2D eigenvalue weighted by atomic mass is 9.98. The molecule has 1 fully saturated rings. The second-order valence-electron chi connectivity index (χ2n) is 10.2. The molecule has 0 saturated heterocycles. The van der Waals surface area contributed by atoms with Crippen molar-refractivity contribution in [3.05, 3.63) is 87.9 Å². The number of carbonyl (C=O) groups is 1. The molecule has 0 unspecified atom stereocenters. The van der Waals surface area contributed by atoms with Crippen LogP contribution >= 0.6 is 0 Å². The molecule has 218 valence electrons. The molecule has 6 rings (SSSR count). The van der Waals surface area contributed by atoms with Gasteiger partial charge in [0.15, 0.2) is 5.82 Å². The van der Waals surface area contributed by atoms with Crippen LogP contribution in [0.3, 0.4) is 0 Å². The van der Waals surface area contributed by atoms with Crippen LogP contribution in [0.25, 0.3) is 22.0 Å². The highest BCUT2D eigenvalue weighted by Gasteiger charge is 2.31. The normalized spacial score (nSPS) is 13.9. The van der Waals surface area contributed by atoms with E-state index in [1.165, 1.54) is 6.20 Å². The van der Waals surface area contributed by atoms with Crippen LogP contribution in [0.5, 0.6) is 0 Å². The highest BCUT2D eigenvalue weighted by atomic mass is 19.1. The Morgan fingerprint density at radius 2 is 1.98 bits per heavy atom. The minimum atomic E-state index is -0.873. The van der Waals surface area contributed by atoms with Gasteiger partial charge in [0.05, 0.1) is 23.1 Å². The number of nitrogens with two attached hydrogens (primary N) is 2. The SMILES string of the molecule is C=CC.CCOC(=O)c1cn(C2CC2)c2c(F)c(-c3ccc4c(c3)CCN4Cc3cnc(N)nc3N)c(F)cc2c1=O. The van der Waals surface area contributed by atoms with Gasteiger partial charge in [-0.1, -0.05) is 12.1 Å². The quantitative estimate of drug-likeness (QED) is 0.238. The zero-order valence-corrected chi connectivity index (χ0v) is 23.5. The first kappa shape index (κ1) is 28.7. The maximum absolute atomic E-state index is 16.2. The third-order valence-electron chi connectivity index (χ3n) is 7.28. The van der Waals surface area contributed by atoms with Gasteiger partial charge < -0.3 is 25.7 Å². The minimum absolute atomic E-state index is 0.00657. The van der Waals surface area contributed by atoms with Gasteiger partial charge in [0.1, 0.15) is 17.2 Å². The highest BCUT2D eigenvalue weighted by Crippen LogP contribution is 2.41. The summed E-state index contributed by atoms with van der Waals surface area (Å²) in [5, 5.41) is -0.179. The van der Waals surface area contributed by atoms with E-state index >= 15 is 8.78 Å². The Morgan fingerprint density at radius 1 is 1.24 bits per heavy atom. The summed E-state index contributed by atoms with van der Waals surface area (Å²) in [4.78, 5) is 35.6. The Morgan fingerprint density at radius 3 is 2.64 bits per heavy atom. The smallest absolute Gasteiger partial charge is 0.343 e. The van der Waals surface area contributed by atoms with Crippen molar-refractivity contribution in [2.24, 2.45) is 0 Å². The van der Waals surface area contributed by atoms with E-state index in [4.69, 9.17) is 16.2 Å². The molecule has 0 atom stereocenters. The fourth-order valence-corrected chi connectivity index (χ4v) is 5.25. The Bertz CT molecular complexity index is 1770. The number of carbonyl (C=O) groups excluding carboxylic acids is 1. The molecule has 4 N–H and O–H groups in total. The van der Waals surface area contributed by atoms with Gasteiger partial charge in [-0.2, -0.15) is 4.98 Å². The van der Waals surface area contributed by atoms with E-state index in [1.54, 1.807) is 35.9 Å². The second-order valence-corrected chi connectivity index (χ2v) is 10.2. The molecule has 0 amide bonds. The molecule has 0 radical (unpaired) electrons. The maximum atomic E-state index is 16.2. The van der Waals surface area contributed by atoms with Gasteiger partial charge in [-0.25, -0.2) is 18.6 Å². The van der Waals surface area contributed by atoms with Crippen LogP contribution in [0.15, 0.2) is 54.1 Å². The third kappa shape index (κ3) is 5.29. The Balaban J connectivity index is 0.00000113. The number of hydrogen-bond donors (Lipinski definition) is 2. The van der Waals surface area contributed by atoms with E-state index in [2.05, 4.69) is 21.4 Å². The number of nitrogens with zero attached hydrogens (tertiary/aromatic N) is 4. The Labute approximate surface area is 241 Å². The van der Waals surface area contributed by atoms with Crippen molar-refractivity contribution in [2.75, 3.05) is 29.5 Å². The molecule has 2 aromatic heterocycles. The summed E-state index contributed by atoms with van der Waals surface area (Å²) in [6.07, 6.45) is 6.90. The number of hydrogen-bond acceptors (Lipinski definition) is 8. The molecular weight excluding hydrogens is 542 g/mol. The fraction of sp³-hybridized carbons (Fsp3) is 0.290. The standard InChI is InChI=1S/C28H26F2N6O3.C3H6/c1-2-39-27(38)19-13-36(17-4-5-17)24-18(25(19)37)10-20(29)22(23(24)30)15-3-6-21-14(9-15)7-8-35(21)12-16-11-33-28(32)34-26(16)31;1-3-2/h3,6,9-11,13,17H,2,4-5,7-8,12H2,1H3,(H4,31,32,33,34);3H,1H2,2H3. The molecule has 2 aliphatic rings. The van der Waals surface area contributed by atoms with Crippen LogP contribution in [-0.2, 0) is 17.7 Å². The Kier molecular flexibility index (Phi) is 7.93. The van der Waals surface area contributed by atoms with E-state index in [9.17, 15) is 9.59 Å². The summed E-state index contributed by atoms with van der Waals surface area (Å²) in [5.41, 5.74) is 13.3. The van der Waals surface area contributed by atoms with Gasteiger partial charge in [-0.3, -0.25) is 4.79 Å². The van der Waals surface area contributed by atoms with E-state index in [1.807, 2.05) is 13.0 Å². The summed E-state index contributed by atoms with van der Waals surface area (Å²) >= 11 is 0. The maximum Gasteiger partial charge on any atom is 0.343 e. The van der Waals surface area contributed by atoms with Crippen molar-refractivity contribution in [3.63, 3.8) is 0 Å². The van der Waals surface area contributed by atoms with E-state index in [-0.39, 0.29) is 40.6 Å². The highest BCUT2D eigenvalue weighted by molar-refractivity contribution is 5.95. The van der Waals surface area contributed by atoms with Gasteiger partial charge in [-0.15, -0.1) is 6.58 Å². The number of anilines is 3. The first-order valence-corrected chi connectivity index (χ1v) is 13.7. The number of benzene rings is 2. The molecule has 4 aromatic rings. The molecule has 0 bridgehead atoms. The Hall–Kier alpha value is -4.80. The number of halogens is 2. The summed E-state index contributed by atoms with van der Waals surface area (Å²) in [6, 6.07) is 6.22. The summed E-state index contributed by atoms with van der Waals surface area (Å²) in [5.74, 6) is -2.10. The summed E-state index contributed by atoms with van der Waals surface area (Å²) < 4.78 is 38.3. The molecule has 42 heavy (non-hydrogen) atoms. The molecule has 9 nitrogen and oxygen atoms in total. The van der Waals surface area contributed by atoms with Crippen LogP contribution < -0.4 is 21.8 Å². The van der Waals surface area contributed by atoms with Crippen LogP contribution in [0.2, 0.25) is 0 Å². The van der Waals surface area contributed by atoms with Crippen molar-refractivity contribution >= 4 is 34.3 Å². The predicted octanol–water partition coefficient (Wildman–Crippen LogP) is 5.17. The molecule has 1 aliphatic heterocycles. The topological polar surface area (TPSA) is 129 Å². The lowest BCUT2D eigenvalue weighted by Crippen LogP contribution is -2.22. The van der Waals surface area contributed by atoms with Gasteiger partial charge in [0.2, 0.25) is 11.4 Å². The monoisotopic (exact) mass is 574 g/mol. The largest absolute Gasteiger partial charge is 0.462 e. The number of aromatic nitrogens is 3. The van der Waals surface area contributed by atoms with E-state index < -0.39 is 23.0 Å². The first-order valence-electron chi connectivity index (χ1n) is 13.7. The molecule has 3 heterocycles. The molecule has 11 heteroatoms. The predicted molar refractivity (Wildman–Crippen MR) is 159 cm³/mol. The lowest BCUT2D eigenvalue weighted by molar-refractivity contribution is 0.0524. The number of rotatable bonds is 6. The number of nitrogen functional groups attached to an aromatic ring is 2. The van der Waals surface area contributed by atoms with Crippen molar-refractivity contribution in [1.29, 1.82) is 0 Å². The average molecular weight is 575 g/mol. The van der Waals surface area contributed by atoms with Gasteiger partial charge >= 0.3 is 5.97 Å². The van der Waals surface area contributed by atoms with Crippen LogP contribution in [0, 0.1) is 11.6 Å². The van der Waals surface area contributed by atoms with Gasteiger partial charge in [0, 0.05) is 42.8 Å². The van der Waals surface area contributed by atoms with E-state index in [0.717, 1.165) is 35.7 Å². The van der Waals surface area contributed by atoms with Crippen LogP contribution in [0.1, 0.15) is 54.2 Å². The number of ether oxygens (including phenoxy) is 1. The number of allylic oxidation sites excluding steroid dienone is 1. The fourth-order valence-electron chi connectivity index (χ4n) is 5.25. The summed E-state index contributed by atoms with van der Waals surface area (Å²) in [7, 11) is 0. The van der Waals surface area contributed by atoms with Crippen molar-refractivity contribution < 1.29 is 18.3 Å². The van der Waals surface area contributed by atoms with Crippen LogP contribution in [-0.4, -0.2) is 33.7 Å². The first-order chi connectivity index (χ1) is 20.2. The second kappa shape index (κ2) is 11.6. The van der Waals surface area contributed by atoms with Crippen molar-refractivity contribution in [1.82, 2.24) is 14.5 Å². The third-order valence-corrected chi connectivity index (χ3v) is 7.28. The molecule has 0 spiro atoms. The molecule has 1 aliphatic carbocycles. The molecule has 2 aromatic carbocycles. The number of pyridine rings is 1. The number of fused-ring (bicyclic) bond motifs is 2. The average Bonchev–Trinajstić information content (AvgIpc) is 3.72. The minimum Gasteiger partial charge on any atom is -0.462 e. The lowest BCUT2D eigenvalue weighted by Gasteiger charge is -2.20. The van der Waals surface area contributed by atoms with Crippen molar-refractivity contribution in [3.8, 4) is 11.1 Å². The zero-order chi connectivity index (χ0) is 30.1. The van der Waals surface area contributed by atoms with Gasteiger partial charge in [-0.05, 0) is 62.4 Å². The summed E-state index contributed by atoms with van der Waals surface area (Å²) in [6.45, 7) is 8.11. The van der Waals surface area contributed by atoms with Gasteiger partial charge in [0.25, 0.3) is 0 Å². The molecule has 1 saturated carbocycles. The van der Waals surface area contributed by atoms with E-state index in [0.29, 0.717) is 30.9 Å². The number of esters is 1. The molecular formula is C31H32F2N6O3.